The Morgan fingerprint density at radius 2 is 2.55 bits per heavy atom. The Morgan fingerprint density at radius 1 is 1.82 bits per heavy atom. The minimum Gasteiger partial charge on any atom is -0.465 e. The number of esters is 1. The zero-order chi connectivity index (χ0) is 8.27. The van der Waals surface area contributed by atoms with Gasteiger partial charge in [-0.3, -0.25) is 4.68 Å². The van der Waals surface area contributed by atoms with Gasteiger partial charge in [0.25, 0.3) is 0 Å². The number of rotatable bonds is 2. The minimum absolute atomic E-state index is 0.343. The van der Waals surface area contributed by atoms with E-state index >= 15 is 0 Å². The maximum Gasteiger partial charge on any atom is 0.341 e. The van der Waals surface area contributed by atoms with Gasteiger partial charge in [-0.05, 0) is 6.92 Å². The Hall–Kier alpha value is -1.32. The van der Waals surface area contributed by atoms with Crippen molar-refractivity contribution < 1.29 is 9.53 Å². The molecule has 1 rings (SSSR count). The minimum atomic E-state index is -0.343. The molecule has 4 nitrogen and oxygen atoms in total. The SMILES string of the molecule is CCn1cc(C(=O)OC)cn1. The summed E-state index contributed by atoms with van der Waals surface area (Å²) in [6.45, 7) is 2.71. The zero-order valence-electron chi connectivity index (χ0n) is 6.57. The van der Waals surface area contributed by atoms with E-state index in [4.69, 9.17) is 0 Å². The first-order chi connectivity index (χ1) is 5.27. The Bertz CT molecular complexity index is 255. The number of ether oxygens (including phenoxy) is 1. The Balaban J connectivity index is 2.80. The van der Waals surface area contributed by atoms with E-state index in [1.54, 1.807) is 10.9 Å². The van der Waals surface area contributed by atoms with Gasteiger partial charge in [0.05, 0.1) is 18.9 Å². The summed E-state index contributed by atoms with van der Waals surface area (Å²) >= 11 is 0. The fourth-order valence-electron chi connectivity index (χ4n) is 0.760. The molecular weight excluding hydrogens is 144 g/mol. The van der Waals surface area contributed by atoms with Gasteiger partial charge in [0.1, 0.15) is 0 Å². The van der Waals surface area contributed by atoms with E-state index < -0.39 is 0 Å². The van der Waals surface area contributed by atoms with Gasteiger partial charge in [-0.2, -0.15) is 5.10 Å². The van der Waals surface area contributed by atoms with Gasteiger partial charge in [-0.25, -0.2) is 4.79 Å². The van der Waals surface area contributed by atoms with Crippen molar-refractivity contribution in [2.45, 2.75) is 13.5 Å². The summed E-state index contributed by atoms with van der Waals surface area (Å²) in [5, 5.41) is 3.92. The van der Waals surface area contributed by atoms with Gasteiger partial charge in [0, 0.05) is 12.7 Å². The highest BCUT2D eigenvalue weighted by atomic mass is 16.5. The molecule has 0 saturated heterocycles. The quantitative estimate of drug-likeness (QED) is 0.588. The van der Waals surface area contributed by atoms with Crippen LogP contribution in [0, 0.1) is 0 Å². The third-order valence-electron chi connectivity index (χ3n) is 1.38. The predicted octanol–water partition coefficient (Wildman–Crippen LogP) is 0.690. The van der Waals surface area contributed by atoms with E-state index in [1.807, 2.05) is 6.92 Å². The van der Waals surface area contributed by atoms with Crippen molar-refractivity contribution in [3.8, 4) is 0 Å². The fraction of sp³-hybridized carbons (Fsp3) is 0.429. The first-order valence-corrected chi connectivity index (χ1v) is 3.38. The van der Waals surface area contributed by atoms with Crippen LogP contribution in [0.4, 0.5) is 0 Å². The molecule has 0 N–H and O–H groups in total. The van der Waals surface area contributed by atoms with Gasteiger partial charge in [-0.15, -0.1) is 0 Å². The average molecular weight is 154 g/mol. The molecular formula is C7H10N2O2. The highest BCUT2D eigenvalue weighted by Gasteiger charge is 2.06. The third kappa shape index (κ3) is 1.58. The number of carbonyl (C=O) groups is 1. The molecule has 60 valence electrons. The lowest BCUT2D eigenvalue weighted by Gasteiger charge is -1.92. The van der Waals surface area contributed by atoms with Crippen molar-refractivity contribution in [3.05, 3.63) is 18.0 Å². The predicted molar refractivity (Wildman–Crippen MR) is 39.2 cm³/mol. The van der Waals surface area contributed by atoms with Crippen LogP contribution in [0.15, 0.2) is 12.4 Å². The summed E-state index contributed by atoms with van der Waals surface area (Å²) in [4.78, 5) is 10.9. The number of nitrogens with zero attached hydrogens (tertiary/aromatic N) is 2. The van der Waals surface area contributed by atoms with Gasteiger partial charge in [-0.1, -0.05) is 0 Å². The summed E-state index contributed by atoms with van der Waals surface area (Å²) in [6, 6.07) is 0. The summed E-state index contributed by atoms with van der Waals surface area (Å²) in [5.74, 6) is -0.343. The second-order valence-electron chi connectivity index (χ2n) is 2.08. The van der Waals surface area contributed by atoms with Crippen LogP contribution in [0.3, 0.4) is 0 Å². The van der Waals surface area contributed by atoms with Crippen molar-refractivity contribution in [2.24, 2.45) is 0 Å². The van der Waals surface area contributed by atoms with Crippen LogP contribution in [-0.4, -0.2) is 22.9 Å². The number of hydrogen-bond acceptors (Lipinski definition) is 3. The number of aryl methyl sites for hydroxylation is 1. The molecule has 1 aromatic rings. The van der Waals surface area contributed by atoms with E-state index in [9.17, 15) is 4.79 Å². The lowest BCUT2D eigenvalue weighted by molar-refractivity contribution is 0.0600. The molecule has 0 aromatic carbocycles. The van der Waals surface area contributed by atoms with Crippen molar-refractivity contribution in [1.82, 2.24) is 9.78 Å². The molecule has 0 bridgehead atoms. The standard InChI is InChI=1S/C7H10N2O2/c1-3-9-5-6(4-8-9)7(10)11-2/h4-5H,3H2,1-2H3. The molecule has 1 heterocycles. The number of methoxy groups -OCH3 is 1. The van der Waals surface area contributed by atoms with E-state index in [0.717, 1.165) is 6.54 Å². The number of aromatic nitrogens is 2. The lowest BCUT2D eigenvalue weighted by atomic mass is 10.4. The smallest absolute Gasteiger partial charge is 0.341 e. The lowest BCUT2D eigenvalue weighted by Crippen LogP contribution is -1.99. The van der Waals surface area contributed by atoms with E-state index in [-0.39, 0.29) is 5.97 Å². The first kappa shape index (κ1) is 7.78. The fourth-order valence-corrected chi connectivity index (χ4v) is 0.760. The van der Waals surface area contributed by atoms with E-state index in [2.05, 4.69) is 9.84 Å². The van der Waals surface area contributed by atoms with Gasteiger partial charge >= 0.3 is 5.97 Å². The molecule has 0 saturated carbocycles. The summed E-state index contributed by atoms with van der Waals surface area (Å²) < 4.78 is 6.17. The summed E-state index contributed by atoms with van der Waals surface area (Å²) in [6.07, 6.45) is 3.15. The molecule has 0 atom stereocenters. The maximum absolute atomic E-state index is 10.9. The van der Waals surface area contributed by atoms with Gasteiger partial charge < -0.3 is 4.74 Å². The number of hydrogen-bond donors (Lipinski definition) is 0. The molecule has 4 heteroatoms. The highest BCUT2D eigenvalue weighted by molar-refractivity contribution is 5.88. The normalized spacial score (nSPS) is 9.64. The third-order valence-corrected chi connectivity index (χ3v) is 1.38. The van der Waals surface area contributed by atoms with E-state index in [0.29, 0.717) is 5.56 Å². The monoisotopic (exact) mass is 154 g/mol. The highest BCUT2D eigenvalue weighted by Crippen LogP contribution is 1.98. The largest absolute Gasteiger partial charge is 0.465 e. The van der Waals surface area contributed by atoms with Crippen LogP contribution in [0.1, 0.15) is 17.3 Å². The topological polar surface area (TPSA) is 44.1 Å². The van der Waals surface area contributed by atoms with Crippen LogP contribution in [0.2, 0.25) is 0 Å². The van der Waals surface area contributed by atoms with Crippen molar-refractivity contribution in [2.75, 3.05) is 7.11 Å². The second kappa shape index (κ2) is 3.18. The molecule has 11 heavy (non-hydrogen) atoms. The van der Waals surface area contributed by atoms with E-state index in [1.165, 1.54) is 13.3 Å². The molecule has 0 spiro atoms. The van der Waals surface area contributed by atoms with Crippen LogP contribution in [0.5, 0.6) is 0 Å². The average Bonchev–Trinajstić information content (AvgIpc) is 2.50. The van der Waals surface area contributed by atoms with Crippen LogP contribution in [0.25, 0.3) is 0 Å². The molecule has 0 aliphatic heterocycles. The molecule has 0 amide bonds. The second-order valence-corrected chi connectivity index (χ2v) is 2.08. The van der Waals surface area contributed by atoms with Crippen molar-refractivity contribution in [3.63, 3.8) is 0 Å². The van der Waals surface area contributed by atoms with Crippen LogP contribution in [-0.2, 0) is 11.3 Å². The van der Waals surface area contributed by atoms with Crippen LogP contribution < -0.4 is 0 Å². The molecule has 0 radical (unpaired) electrons. The molecule has 1 aromatic heterocycles. The van der Waals surface area contributed by atoms with Crippen molar-refractivity contribution in [1.29, 1.82) is 0 Å². The zero-order valence-corrected chi connectivity index (χ0v) is 6.57. The molecule has 0 aliphatic rings. The maximum atomic E-state index is 10.9. The molecule has 0 fully saturated rings. The summed E-state index contributed by atoms with van der Waals surface area (Å²) in [5.41, 5.74) is 0.495. The van der Waals surface area contributed by atoms with Gasteiger partial charge in [0.2, 0.25) is 0 Å². The molecule has 0 aliphatic carbocycles. The Kier molecular flexibility index (Phi) is 2.25. The number of carbonyl (C=O) groups excluding carboxylic acids is 1. The Labute approximate surface area is 64.8 Å². The van der Waals surface area contributed by atoms with Crippen LogP contribution >= 0.6 is 0 Å². The first-order valence-electron chi connectivity index (χ1n) is 3.38. The molecule has 0 unspecified atom stereocenters. The van der Waals surface area contributed by atoms with Gasteiger partial charge in [0.15, 0.2) is 0 Å². The summed E-state index contributed by atoms with van der Waals surface area (Å²) in [7, 11) is 1.35. The van der Waals surface area contributed by atoms with Crippen molar-refractivity contribution >= 4 is 5.97 Å². The Morgan fingerprint density at radius 3 is 3.00 bits per heavy atom.